The van der Waals surface area contributed by atoms with Gasteiger partial charge in [0, 0.05) is 43.8 Å². The molecule has 1 aromatic heterocycles. The fourth-order valence-corrected chi connectivity index (χ4v) is 11.7. The number of benzene rings is 10. The van der Waals surface area contributed by atoms with E-state index >= 15 is 0 Å². The van der Waals surface area contributed by atoms with Gasteiger partial charge in [0.2, 0.25) is 0 Å². The first-order valence-electron chi connectivity index (χ1n) is 23.2. The van der Waals surface area contributed by atoms with Gasteiger partial charge < -0.3 is 9.32 Å². The molecule has 0 fully saturated rings. The monoisotopic (exact) mass is 845 g/mol. The van der Waals surface area contributed by atoms with Crippen molar-refractivity contribution < 1.29 is 4.42 Å². The number of furan rings is 1. The van der Waals surface area contributed by atoms with Gasteiger partial charge in [0.1, 0.15) is 11.2 Å². The van der Waals surface area contributed by atoms with Gasteiger partial charge in [-0.1, -0.05) is 198 Å². The van der Waals surface area contributed by atoms with Crippen LogP contribution in [0.1, 0.15) is 49.9 Å². The Morgan fingerprint density at radius 1 is 0.364 bits per heavy atom. The normalized spacial score (nSPS) is 14.0. The molecule has 0 radical (unpaired) electrons. The number of anilines is 3. The van der Waals surface area contributed by atoms with Crippen molar-refractivity contribution in [2.24, 2.45) is 0 Å². The highest BCUT2D eigenvalue weighted by Gasteiger charge is 2.38. The Bertz CT molecular complexity index is 3770. The Kier molecular flexibility index (Phi) is 8.33. The van der Waals surface area contributed by atoms with E-state index in [1.165, 1.54) is 72.1 Å². The second-order valence-corrected chi connectivity index (χ2v) is 19.2. The van der Waals surface area contributed by atoms with E-state index in [1.807, 2.05) is 0 Å². The van der Waals surface area contributed by atoms with Crippen molar-refractivity contribution >= 4 is 49.8 Å². The lowest BCUT2D eigenvalue weighted by molar-refractivity contribution is 0.660. The number of nitrogens with zero attached hydrogens (tertiary/aromatic N) is 1. The lowest BCUT2D eigenvalue weighted by Gasteiger charge is -2.30. The Balaban J connectivity index is 1.02. The van der Waals surface area contributed by atoms with E-state index in [2.05, 4.69) is 245 Å². The second kappa shape index (κ2) is 14.3. The topological polar surface area (TPSA) is 16.4 Å². The SMILES string of the molecule is CC1(C)c2ccccc2-c2ccc(-c3ccccc3N(c3ccc(-c4cccc5c4C(C)(C)c4ccccc4-5)cc3)c3ccccc3-c3cccc4oc5c6ccccc6ccc5c34)cc21. The average molecular weight is 846 g/mol. The third kappa shape index (κ3) is 5.55. The van der Waals surface area contributed by atoms with Crippen molar-refractivity contribution in [1.29, 1.82) is 0 Å². The summed E-state index contributed by atoms with van der Waals surface area (Å²) in [5.74, 6) is 0. The van der Waals surface area contributed by atoms with Crippen molar-refractivity contribution in [3.8, 4) is 55.6 Å². The van der Waals surface area contributed by atoms with Gasteiger partial charge in [0.25, 0.3) is 0 Å². The number of para-hydroxylation sites is 2. The first-order chi connectivity index (χ1) is 32.3. The fraction of sp³-hybridized carbons (Fsp3) is 0.0938. The highest BCUT2D eigenvalue weighted by atomic mass is 16.3. The van der Waals surface area contributed by atoms with Crippen molar-refractivity contribution in [2.45, 2.75) is 38.5 Å². The molecule has 1 heterocycles. The zero-order chi connectivity index (χ0) is 44.3. The summed E-state index contributed by atoms with van der Waals surface area (Å²) in [4.78, 5) is 2.48. The van der Waals surface area contributed by atoms with E-state index in [-0.39, 0.29) is 10.8 Å². The van der Waals surface area contributed by atoms with Gasteiger partial charge in [-0.15, -0.1) is 0 Å². The Morgan fingerprint density at radius 2 is 0.924 bits per heavy atom. The van der Waals surface area contributed by atoms with Crippen LogP contribution in [0.4, 0.5) is 17.1 Å². The van der Waals surface area contributed by atoms with Crippen LogP contribution in [0, 0.1) is 0 Å². The molecule has 2 aliphatic rings. The summed E-state index contributed by atoms with van der Waals surface area (Å²) in [6, 6.07) is 78.3. The highest BCUT2D eigenvalue weighted by Crippen LogP contribution is 2.54. The standard InChI is InChI=1S/C64H47NO/c1-63(2)54-26-11-7-20-47(54)49-37-34-42(39-56(49)63)44-18-9-13-28-57(44)65(43-35-31-41(32-36-43)45-23-15-25-52-48-21-8-12-27-55(48)64(3,4)61(45)52)58-29-14-10-22-50(58)51-24-16-30-59-60(51)53-38-33-40-17-5-6-19-46(40)62(53)66-59/h5-39H,1-4H3. The maximum atomic E-state index is 6.76. The van der Waals surface area contributed by atoms with Crippen LogP contribution in [0.3, 0.4) is 0 Å². The lowest BCUT2D eigenvalue weighted by atomic mass is 9.79. The molecule has 2 nitrogen and oxygen atoms in total. The zero-order valence-electron chi connectivity index (χ0n) is 37.6. The first-order valence-corrected chi connectivity index (χ1v) is 23.2. The van der Waals surface area contributed by atoms with Gasteiger partial charge in [-0.25, -0.2) is 0 Å². The molecule has 0 amide bonds. The minimum Gasteiger partial charge on any atom is -0.455 e. The minimum atomic E-state index is -0.124. The molecule has 0 bridgehead atoms. The van der Waals surface area contributed by atoms with Crippen molar-refractivity contribution in [2.75, 3.05) is 4.90 Å². The summed E-state index contributed by atoms with van der Waals surface area (Å²) in [5, 5.41) is 4.53. The number of hydrogen-bond donors (Lipinski definition) is 0. The largest absolute Gasteiger partial charge is 0.455 e. The zero-order valence-corrected chi connectivity index (χ0v) is 37.6. The van der Waals surface area contributed by atoms with Crippen molar-refractivity contribution in [3.63, 3.8) is 0 Å². The van der Waals surface area contributed by atoms with Crippen LogP contribution in [0.25, 0.3) is 88.3 Å². The molecule has 0 atom stereocenters. The van der Waals surface area contributed by atoms with Gasteiger partial charge in [0.05, 0.1) is 11.4 Å². The molecule has 2 heteroatoms. The van der Waals surface area contributed by atoms with Crippen LogP contribution in [0.5, 0.6) is 0 Å². The van der Waals surface area contributed by atoms with E-state index < -0.39 is 0 Å². The predicted octanol–water partition coefficient (Wildman–Crippen LogP) is 17.8. The number of fused-ring (bicyclic) bond motifs is 11. The lowest BCUT2D eigenvalue weighted by Crippen LogP contribution is -2.16. The van der Waals surface area contributed by atoms with Crippen LogP contribution < -0.4 is 4.90 Å². The molecular formula is C64H47NO. The van der Waals surface area contributed by atoms with Crippen LogP contribution in [0.2, 0.25) is 0 Å². The fourth-order valence-electron chi connectivity index (χ4n) is 11.7. The minimum absolute atomic E-state index is 0.121. The molecule has 0 aliphatic heterocycles. The van der Waals surface area contributed by atoms with Gasteiger partial charge >= 0.3 is 0 Å². The van der Waals surface area contributed by atoms with Gasteiger partial charge in [-0.2, -0.15) is 0 Å². The van der Waals surface area contributed by atoms with Crippen molar-refractivity contribution in [1.82, 2.24) is 0 Å². The summed E-state index contributed by atoms with van der Waals surface area (Å²) in [6.45, 7) is 9.47. The van der Waals surface area contributed by atoms with Crippen LogP contribution in [0.15, 0.2) is 217 Å². The molecule has 0 spiro atoms. The van der Waals surface area contributed by atoms with Crippen LogP contribution in [-0.2, 0) is 10.8 Å². The van der Waals surface area contributed by atoms with E-state index in [0.29, 0.717) is 0 Å². The molecule has 0 N–H and O–H groups in total. The maximum Gasteiger partial charge on any atom is 0.143 e. The summed E-state index contributed by atoms with van der Waals surface area (Å²) in [7, 11) is 0. The highest BCUT2D eigenvalue weighted by molar-refractivity contribution is 6.20. The molecule has 314 valence electrons. The molecular weight excluding hydrogens is 799 g/mol. The van der Waals surface area contributed by atoms with E-state index in [1.54, 1.807) is 0 Å². The average Bonchev–Trinajstić information content (AvgIpc) is 3.95. The van der Waals surface area contributed by atoms with Crippen LogP contribution >= 0.6 is 0 Å². The summed E-state index contributed by atoms with van der Waals surface area (Å²) in [5.41, 5.74) is 22.8. The summed E-state index contributed by atoms with van der Waals surface area (Å²) < 4.78 is 6.76. The molecule has 0 saturated heterocycles. The van der Waals surface area contributed by atoms with E-state index in [4.69, 9.17) is 4.42 Å². The summed E-state index contributed by atoms with van der Waals surface area (Å²) >= 11 is 0. The molecule has 66 heavy (non-hydrogen) atoms. The third-order valence-corrected chi connectivity index (χ3v) is 14.9. The smallest absolute Gasteiger partial charge is 0.143 e. The van der Waals surface area contributed by atoms with Gasteiger partial charge in [-0.3, -0.25) is 0 Å². The molecule has 0 unspecified atom stereocenters. The molecule has 13 rings (SSSR count). The first kappa shape index (κ1) is 38.5. The Labute approximate surface area is 386 Å². The van der Waals surface area contributed by atoms with E-state index in [9.17, 15) is 0 Å². The summed E-state index contributed by atoms with van der Waals surface area (Å²) in [6.07, 6.45) is 0. The van der Waals surface area contributed by atoms with Crippen molar-refractivity contribution in [3.05, 3.63) is 235 Å². The Hall–Kier alpha value is -7.94. The van der Waals surface area contributed by atoms with E-state index in [0.717, 1.165) is 55.5 Å². The second-order valence-electron chi connectivity index (χ2n) is 19.2. The van der Waals surface area contributed by atoms with Crippen LogP contribution in [-0.4, -0.2) is 0 Å². The molecule has 0 saturated carbocycles. The molecule has 10 aromatic carbocycles. The predicted molar refractivity (Wildman–Crippen MR) is 277 cm³/mol. The Morgan fingerprint density at radius 3 is 1.71 bits per heavy atom. The number of hydrogen-bond acceptors (Lipinski definition) is 2. The maximum absolute atomic E-state index is 6.76. The third-order valence-electron chi connectivity index (χ3n) is 14.9. The molecule has 11 aromatic rings. The van der Waals surface area contributed by atoms with Gasteiger partial charge in [-0.05, 0) is 115 Å². The molecule has 2 aliphatic carbocycles. The quantitative estimate of drug-likeness (QED) is 0.166. The number of rotatable bonds is 6. The van der Waals surface area contributed by atoms with Gasteiger partial charge in [0.15, 0.2) is 0 Å².